The van der Waals surface area contributed by atoms with E-state index >= 15 is 0 Å². The molecule has 0 radical (unpaired) electrons. The van der Waals surface area contributed by atoms with E-state index in [1.165, 1.54) is 0 Å². The van der Waals surface area contributed by atoms with Gasteiger partial charge in [0.15, 0.2) is 5.82 Å². The van der Waals surface area contributed by atoms with Crippen LogP contribution in [0.1, 0.15) is 27.2 Å². The molecule has 0 amide bonds. The number of aromatic nitrogens is 4. The van der Waals surface area contributed by atoms with E-state index < -0.39 is 0 Å². The number of hydrogen-bond acceptors (Lipinski definition) is 4. The fraction of sp³-hybridized carbons (Fsp3) is 0.417. The summed E-state index contributed by atoms with van der Waals surface area (Å²) in [5.41, 5.74) is 7.40. The highest BCUT2D eigenvalue weighted by molar-refractivity contribution is 5.71. The van der Waals surface area contributed by atoms with Crippen LogP contribution >= 0.6 is 0 Å². The van der Waals surface area contributed by atoms with Gasteiger partial charge in [-0.3, -0.25) is 0 Å². The third-order valence-electron chi connectivity index (χ3n) is 3.11. The van der Waals surface area contributed by atoms with Crippen molar-refractivity contribution in [2.45, 2.75) is 32.7 Å². The first-order valence-corrected chi connectivity index (χ1v) is 5.70. The first-order chi connectivity index (χ1) is 8.06. The monoisotopic (exact) mass is 231 g/mol. The number of rotatable bonds is 3. The lowest BCUT2D eigenvalue weighted by Gasteiger charge is -2.24. The molecule has 0 aliphatic rings. The van der Waals surface area contributed by atoms with Crippen molar-refractivity contribution in [3.8, 4) is 11.4 Å². The molecule has 0 aliphatic carbocycles. The van der Waals surface area contributed by atoms with Gasteiger partial charge in [-0.2, -0.15) is 0 Å². The van der Waals surface area contributed by atoms with Crippen LogP contribution in [-0.4, -0.2) is 20.2 Å². The molecule has 0 atom stereocenters. The van der Waals surface area contributed by atoms with Crippen molar-refractivity contribution in [3.05, 3.63) is 24.3 Å². The van der Waals surface area contributed by atoms with E-state index in [0.717, 1.165) is 17.8 Å². The third kappa shape index (κ3) is 2.00. The molecule has 1 aromatic heterocycles. The van der Waals surface area contributed by atoms with E-state index in [0.29, 0.717) is 5.69 Å². The Kier molecular flexibility index (Phi) is 2.83. The molecule has 1 heterocycles. The Bertz CT molecular complexity index is 515. The van der Waals surface area contributed by atoms with Crippen LogP contribution in [0, 0.1) is 0 Å². The zero-order chi connectivity index (χ0) is 12.5. The molecule has 2 rings (SSSR count). The summed E-state index contributed by atoms with van der Waals surface area (Å²) < 4.78 is 1.83. The van der Waals surface area contributed by atoms with Crippen LogP contribution in [0.4, 0.5) is 5.69 Å². The zero-order valence-electron chi connectivity index (χ0n) is 10.4. The van der Waals surface area contributed by atoms with E-state index in [-0.39, 0.29) is 5.54 Å². The average molecular weight is 231 g/mol. The molecule has 0 unspecified atom stereocenters. The molecule has 5 heteroatoms. The second-order valence-electron chi connectivity index (χ2n) is 4.67. The molecule has 2 aromatic rings. The van der Waals surface area contributed by atoms with E-state index in [4.69, 9.17) is 5.73 Å². The molecule has 0 fully saturated rings. The summed E-state index contributed by atoms with van der Waals surface area (Å²) >= 11 is 0. The van der Waals surface area contributed by atoms with Crippen LogP contribution in [0.2, 0.25) is 0 Å². The van der Waals surface area contributed by atoms with Crippen molar-refractivity contribution in [2.75, 3.05) is 5.73 Å². The minimum Gasteiger partial charge on any atom is -0.398 e. The normalized spacial score (nSPS) is 11.7. The number of benzene rings is 1. The highest BCUT2D eigenvalue weighted by Gasteiger charge is 2.24. The fourth-order valence-corrected chi connectivity index (χ4v) is 1.61. The van der Waals surface area contributed by atoms with E-state index in [1.54, 1.807) is 0 Å². The fourth-order valence-electron chi connectivity index (χ4n) is 1.61. The Morgan fingerprint density at radius 2 is 2.00 bits per heavy atom. The van der Waals surface area contributed by atoms with Gasteiger partial charge < -0.3 is 5.73 Å². The lowest BCUT2D eigenvalue weighted by molar-refractivity contribution is 0.305. The van der Waals surface area contributed by atoms with Gasteiger partial charge in [0.25, 0.3) is 0 Å². The second kappa shape index (κ2) is 4.16. The molecule has 0 saturated heterocycles. The van der Waals surface area contributed by atoms with Crippen LogP contribution in [-0.2, 0) is 5.54 Å². The highest BCUT2D eigenvalue weighted by atomic mass is 15.6. The predicted octanol–water partition coefficient (Wildman–Crippen LogP) is 2.07. The lowest BCUT2D eigenvalue weighted by atomic mass is 10.0. The zero-order valence-corrected chi connectivity index (χ0v) is 10.4. The summed E-state index contributed by atoms with van der Waals surface area (Å²) in [6, 6.07) is 7.62. The maximum atomic E-state index is 5.96. The van der Waals surface area contributed by atoms with Crippen molar-refractivity contribution in [1.29, 1.82) is 0 Å². The van der Waals surface area contributed by atoms with Crippen molar-refractivity contribution in [3.63, 3.8) is 0 Å². The Balaban J connectivity index is 2.56. The first-order valence-electron chi connectivity index (χ1n) is 5.70. The quantitative estimate of drug-likeness (QED) is 0.821. The van der Waals surface area contributed by atoms with Gasteiger partial charge in [0.1, 0.15) is 0 Å². The number of anilines is 1. The van der Waals surface area contributed by atoms with Crippen LogP contribution in [0.25, 0.3) is 11.4 Å². The summed E-state index contributed by atoms with van der Waals surface area (Å²) in [7, 11) is 0. The predicted molar refractivity (Wildman–Crippen MR) is 67.3 cm³/mol. The smallest absolute Gasteiger partial charge is 0.184 e. The number of nitrogens with two attached hydrogens (primary N) is 1. The van der Waals surface area contributed by atoms with Gasteiger partial charge in [0, 0.05) is 11.3 Å². The molecule has 0 aliphatic heterocycles. The molecule has 0 bridgehead atoms. The van der Waals surface area contributed by atoms with E-state index in [2.05, 4.69) is 36.3 Å². The third-order valence-corrected chi connectivity index (χ3v) is 3.11. The molecule has 5 nitrogen and oxygen atoms in total. The number of tetrazole rings is 1. The summed E-state index contributed by atoms with van der Waals surface area (Å²) in [5.74, 6) is 0.718. The number of nitrogens with zero attached hydrogens (tertiary/aromatic N) is 4. The van der Waals surface area contributed by atoms with Gasteiger partial charge in [0.05, 0.1) is 5.54 Å². The summed E-state index contributed by atoms with van der Waals surface area (Å²) in [6.45, 7) is 6.32. The molecule has 90 valence electrons. The van der Waals surface area contributed by atoms with Gasteiger partial charge in [-0.15, -0.1) is 5.10 Å². The van der Waals surface area contributed by atoms with Gasteiger partial charge in [-0.05, 0) is 42.8 Å². The first kappa shape index (κ1) is 11.6. The summed E-state index contributed by atoms with van der Waals surface area (Å²) in [5, 5.41) is 11.9. The Hall–Kier alpha value is -1.91. The number of para-hydroxylation sites is 1. The second-order valence-corrected chi connectivity index (χ2v) is 4.67. The molecular weight excluding hydrogens is 214 g/mol. The summed E-state index contributed by atoms with van der Waals surface area (Å²) in [4.78, 5) is 0. The standard InChI is InChI=1S/C12H17N5/c1-4-12(2,3)17-11(14-15-16-17)9-7-5-6-8-10(9)13/h5-8H,4,13H2,1-3H3. The number of hydrogen-bond donors (Lipinski definition) is 1. The molecular formula is C12H17N5. The average Bonchev–Trinajstić information content (AvgIpc) is 2.79. The van der Waals surface area contributed by atoms with Gasteiger partial charge in [-0.1, -0.05) is 19.1 Å². The Morgan fingerprint density at radius 1 is 1.29 bits per heavy atom. The maximum absolute atomic E-state index is 5.96. The molecule has 17 heavy (non-hydrogen) atoms. The van der Waals surface area contributed by atoms with Crippen LogP contribution in [0.3, 0.4) is 0 Å². The molecule has 0 saturated carbocycles. The molecule has 1 aromatic carbocycles. The minimum atomic E-state index is -0.124. The van der Waals surface area contributed by atoms with Gasteiger partial charge in [0.2, 0.25) is 0 Å². The minimum absolute atomic E-state index is 0.124. The van der Waals surface area contributed by atoms with Crippen LogP contribution < -0.4 is 5.73 Å². The van der Waals surface area contributed by atoms with E-state index in [1.807, 2.05) is 28.9 Å². The van der Waals surface area contributed by atoms with Gasteiger partial charge >= 0.3 is 0 Å². The summed E-state index contributed by atoms with van der Waals surface area (Å²) in [6.07, 6.45) is 0.942. The number of nitrogen functional groups attached to an aromatic ring is 1. The lowest BCUT2D eigenvalue weighted by Crippen LogP contribution is -2.27. The van der Waals surface area contributed by atoms with Crippen molar-refractivity contribution in [2.24, 2.45) is 0 Å². The van der Waals surface area contributed by atoms with Gasteiger partial charge in [-0.25, -0.2) is 4.68 Å². The Labute approximate surface area is 101 Å². The van der Waals surface area contributed by atoms with Crippen molar-refractivity contribution in [1.82, 2.24) is 20.2 Å². The van der Waals surface area contributed by atoms with E-state index in [9.17, 15) is 0 Å². The topological polar surface area (TPSA) is 69.6 Å². The van der Waals surface area contributed by atoms with Crippen molar-refractivity contribution >= 4 is 5.69 Å². The van der Waals surface area contributed by atoms with Crippen LogP contribution in [0.5, 0.6) is 0 Å². The molecule has 2 N–H and O–H groups in total. The largest absolute Gasteiger partial charge is 0.398 e. The van der Waals surface area contributed by atoms with Crippen LogP contribution in [0.15, 0.2) is 24.3 Å². The SMILES string of the molecule is CCC(C)(C)n1nnnc1-c1ccccc1N. The van der Waals surface area contributed by atoms with Crippen molar-refractivity contribution < 1.29 is 0 Å². The Morgan fingerprint density at radius 3 is 2.65 bits per heavy atom. The highest BCUT2D eigenvalue weighted by Crippen LogP contribution is 2.28. The molecule has 0 spiro atoms. The maximum Gasteiger partial charge on any atom is 0.184 e.